The van der Waals surface area contributed by atoms with Gasteiger partial charge in [0.15, 0.2) is 5.79 Å². The lowest BCUT2D eigenvalue weighted by molar-refractivity contribution is -0.174. The van der Waals surface area contributed by atoms with Crippen LogP contribution >= 0.6 is 23.2 Å². The summed E-state index contributed by atoms with van der Waals surface area (Å²) in [4.78, 5) is 17.5. The molecule has 1 spiro atoms. The van der Waals surface area contributed by atoms with Crippen molar-refractivity contribution >= 4 is 29.1 Å². The second-order valence-corrected chi connectivity index (χ2v) is 9.01. The van der Waals surface area contributed by atoms with Crippen molar-refractivity contribution < 1.29 is 14.3 Å². The van der Waals surface area contributed by atoms with Gasteiger partial charge < -0.3 is 14.4 Å². The Morgan fingerprint density at radius 3 is 2.62 bits per heavy atom. The Bertz CT molecular complexity index is 771. The van der Waals surface area contributed by atoms with Crippen LogP contribution in [0.2, 0.25) is 10.0 Å². The van der Waals surface area contributed by atoms with Crippen molar-refractivity contribution in [3.05, 3.63) is 46.0 Å². The summed E-state index contributed by atoms with van der Waals surface area (Å²) in [5.74, 6) is -0.398. The summed E-state index contributed by atoms with van der Waals surface area (Å²) < 4.78 is 12.1. The van der Waals surface area contributed by atoms with Crippen LogP contribution in [-0.4, -0.2) is 66.9 Å². The molecule has 5 nitrogen and oxygen atoms in total. The second-order valence-electron chi connectivity index (χ2n) is 8.19. The van der Waals surface area contributed by atoms with Crippen molar-refractivity contribution in [1.29, 1.82) is 0 Å². The van der Waals surface area contributed by atoms with Gasteiger partial charge in [-0.25, -0.2) is 0 Å². The molecule has 1 aliphatic carbocycles. The van der Waals surface area contributed by atoms with E-state index in [0.717, 1.165) is 44.3 Å². The fourth-order valence-corrected chi connectivity index (χ4v) is 5.13. The number of carbonyl (C=O) groups excluding carboxylic acids is 1. The van der Waals surface area contributed by atoms with Gasteiger partial charge in [-0.1, -0.05) is 41.4 Å². The molecule has 0 N–H and O–H groups in total. The van der Waals surface area contributed by atoms with Gasteiger partial charge in [-0.3, -0.25) is 9.69 Å². The normalized spacial score (nSPS) is 26.7. The molecule has 2 aliphatic heterocycles. The molecular weight excluding hydrogens is 411 g/mol. The largest absolute Gasteiger partial charge is 0.347 e. The Kier molecular flexibility index (Phi) is 6.52. The van der Waals surface area contributed by atoms with E-state index in [2.05, 4.69) is 17.1 Å². The molecule has 1 amide bonds. The van der Waals surface area contributed by atoms with Crippen LogP contribution in [0.15, 0.2) is 30.4 Å². The fourth-order valence-electron chi connectivity index (χ4n) is 4.81. The molecule has 2 atom stereocenters. The first-order valence-electron chi connectivity index (χ1n) is 10.3. The third kappa shape index (κ3) is 4.64. The summed E-state index contributed by atoms with van der Waals surface area (Å²) in [5, 5.41) is 0.982. The van der Waals surface area contributed by atoms with Crippen molar-refractivity contribution in [2.75, 3.05) is 33.4 Å². The van der Waals surface area contributed by atoms with Gasteiger partial charge in [-0.2, -0.15) is 0 Å². The minimum absolute atomic E-state index is 0.0924. The third-order valence-electron chi connectivity index (χ3n) is 6.38. The number of nitrogens with zero attached hydrogens (tertiary/aromatic N) is 2. The molecule has 29 heavy (non-hydrogen) atoms. The van der Waals surface area contributed by atoms with E-state index in [-0.39, 0.29) is 18.0 Å². The summed E-state index contributed by atoms with van der Waals surface area (Å²) in [5.41, 5.74) is 0.878. The van der Waals surface area contributed by atoms with E-state index in [1.54, 1.807) is 12.1 Å². The smallest absolute Gasteiger partial charge is 0.227 e. The molecule has 1 saturated carbocycles. The minimum atomic E-state index is -0.490. The van der Waals surface area contributed by atoms with Crippen molar-refractivity contribution in [3.8, 4) is 0 Å². The molecule has 7 heteroatoms. The molecular formula is C22H28Cl2N2O3. The van der Waals surface area contributed by atoms with Gasteiger partial charge in [0.25, 0.3) is 0 Å². The second kappa shape index (κ2) is 8.94. The molecule has 0 radical (unpaired) electrons. The Morgan fingerprint density at radius 1 is 1.21 bits per heavy atom. The highest BCUT2D eigenvalue weighted by atomic mass is 35.5. The quantitative estimate of drug-likeness (QED) is 0.667. The van der Waals surface area contributed by atoms with Gasteiger partial charge >= 0.3 is 0 Å². The molecule has 4 rings (SSSR count). The van der Waals surface area contributed by atoms with Crippen LogP contribution < -0.4 is 0 Å². The van der Waals surface area contributed by atoms with Crippen LogP contribution in [0, 0.1) is 0 Å². The summed E-state index contributed by atoms with van der Waals surface area (Å²) in [6.07, 6.45) is 8.31. The maximum absolute atomic E-state index is 13.1. The number of halogens is 2. The Balaban J connectivity index is 1.51. The lowest BCUT2D eigenvalue weighted by Gasteiger charge is -2.40. The zero-order valence-electron chi connectivity index (χ0n) is 16.8. The van der Waals surface area contributed by atoms with Gasteiger partial charge in [-0.05, 0) is 30.5 Å². The predicted octanol–water partition coefficient (Wildman–Crippen LogP) is 3.92. The first kappa shape index (κ1) is 21.1. The molecule has 2 fully saturated rings. The van der Waals surface area contributed by atoms with Gasteiger partial charge in [0, 0.05) is 45.1 Å². The van der Waals surface area contributed by atoms with Crippen molar-refractivity contribution in [1.82, 2.24) is 9.80 Å². The molecule has 0 aromatic heterocycles. The van der Waals surface area contributed by atoms with Crippen molar-refractivity contribution in [3.63, 3.8) is 0 Å². The van der Waals surface area contributed by atoms with Crippen molar-refractivity contribution in [2.24, 2.45) is 0 Å². The monoisotopic (exact) mass is 438 g/mol. The summed E-state index contributed by atoms with van der Waals surface area (Å²) in [6.45, 7) is 3.13. The number of hydrogen-bond donors (Lipinski definition) is 0. The van der Waals surface area contributed by atoms with E-state index < -0.39 is 5.79 Å². The van der Waals surface area contributed by atoms with E-state index in [4.69, 9.17) is 32.7 Å². The Hall–Kier alpha value is -1.11. The topological polar surface area (TPSA) is 42.0 Å². The minimum Gasteiger partial charge on any atom is -0.347 e. The van der Waals surface area contributed by atoms with Gasteiger partial charge in [0.05, 0.1) is 29.7 Å². The maximum atomic E-state index is 13.1. The molecule has 2 heterocycles. The first-order valence-corrected chi connectivity index (χ1v) is 11.1. The van der Waals surface area contributed by atoms with Crippen LogP contribution in [0.5, 0.6) is 0 Å². The van der Waals surface area contributed by atoms with E-state index in [1.165, 1.54) is 0 Å². The molecule has 1 aromatic carbocycles. The Labute approximate surface area is 182 Å². The molecule has 1 saturated heterocycles. The zero-order valence-corrected chi connectivity index (χ0v) is 18.3. The lowest BCUT2D eigenvalue weighted by Crippen LogP contribution is -2.53. The Morgan fingerprint density at radius 2 is 1.93 bits per heavy atom. The van der Waals surface area contributed by atoms with E-state index in [0.29, 0.717) is 29.7 Å². The number of likely N-dealkylation sites (N-methyl/N-ethyl adjacent to an activating group) is 1. The van der Waals surface area contributed by atoms with Crippen LogP contribution in [0.4, 0.5) is 0 Å². The van der Waals surface area contributed by atoms with Crippen LogP contribution in [-0.2, 0) is 20.7 Å². The molecule has 3 aliphatic rings. The average molecular weight is 439 g/mol. The highest BCUT2D eigenvalue weighted by Gasteiger charge is 2.46. The number of hydrogen-bond acceptors (Lipinski definition) is 4. The van der Waals surface area contributed by atoms with Crippen LogP contribution in [0.3, 0.4) is 0 Å². The third-order valence-corrected chi connectivity index (χ3v) is 7.12. The average Bonchev–Trinajstić information content (AvgIpc) is 3.35. The summed E-state index contributed by atoms with van der Waals surface area (Å²) in [6, 6.07) is 5.71. The van der Waals surface area contributed by atoms with Crippen LogP contribution in [0.25, 0.3) is 0 Å². The number of rotatable bonds is 4. The summed E-state index contributed by atoms with van der Waals surface area (Å²) >= 11 is 12.1. The number of ether oxygens (including phenoxy) is 2. The standard InChI is InChI=1S/C22H28Cl2N2O3/c1-25(21(27)14-16-6-7-17(23)18(24)13-16)19-5-4-8-22(28-11-12-29-22)15-20(19)26-9-2-3-10-26/h2-3,6-7,13,19-20H,4-5,8-12,14-15H2,1H3. The summed E-state index contributed by atoms with van der Waals surface area (Å²) in [7, 11) is 1.93. The number of carbonyl (C=O) groups is 1. The molecule has 158 valence electrons. The van der Waals surface area contributed by atoms with Gasteiger partial charge in [-0.15, -0.1) is 0 Å². The van der Waals surface area contributed by atoms with Crippen LogP contribution in [0.1, 0.15) is 31.2 Å². The van der Waals surface area contributed by atoms with E-state index in [9.17, 15) is 4.79 Å². The molecule has 2 unspecified atom stereocenters. The van der Waals surface area contributed by atoms with Crippen molar-refractivity contribution in [2.45, 2.75) is 50.0 Å². The zero-order chi connectivity index (χ0) is 20.4. The lowest BCUT2D eigenvalue weighted by atomic mass is 9.97. The number of benzene rings is 1. The first-order chi connectivity index (χ1) is 14.0. The maximum Gasteiger partial charge on any atom is 0.227 e. The highest BCUT2D eigenvalue weighted by Crippen LogP contribution is 2.38. The van der Waals surface area contributed by atoms with Gasteiger partial charge in [0.1, 0.15) is 0 Å². The predicted molar refractivity (Wildman–Crippen MR) is 114 cm³/mol. The van der Waals surface area contributed by atoms with E-state index in [1.807, 2.05) is 18.0 Å². The SMILES string of the molecule is CN(C(=O)Cc1ccc(Cl)c(Cl)c1)C1CCCC2(CC1N1CC=CC1)OCCO2. The fraction of sp³-hybridized carbons (Fsp3) is 0.591. The highest BCUT2D eigenvalue weighted by molar-refractivity contribution is 6.42. The van der Waals surface area contributed by atoms with Gasteiger partial charge in [0.2, 0.25) is 5.91 Å². The molecule has 1 aromatic rings. The molecule has 0 bridgehead atoms. The van der Waals surface area contributed by atoms with E-state index >= 15 is 0 Å². The number of amides is 1.